The van der Waals surface area contributed by atoms with Crippen molar-refractivity contribution in [1.29, 1.82) is 0 Å². The Kier molecular flexibility index (Phi) is 7.86. The first-order chi connectivity index (χ1) is 15.6. The maximum atomic E-state index is 12.8. The monoisotopic (exact) mass is 452 g/mol. The molecule has 0 spiro atoms. The van der Waals surface area contributed by atoms with Crippen LogP contribution in [0.5, 0.6) is 0 Å². The summed E-state index contributed by atoms with van der Waals surface area (Å²) < 4.78 is 6.04. The normalized spacial score (nSPS) is 28.8. The number of carbonyl (C=O) groups is 1. The number of carbonyl (C=O) groups excluding carboxylic acids is 1. The molecule has 1 fully saturated rings. The second kappa shape index (κ2) is 10.3. The van der Waals surface area contributed by atoms with Crippen molar-refractivity contribution in [2.75, 3.05) is 5.32 Å². The predicted octanol–water partition coefficient (Wildman–Crippen LogP) is 7.28. The average molecular weight is 453 g/mol. The summed E-state index contributed by atoms with van der Waals surface area (Å²) in [6.45, 7) is 15.1. The first-order valence-electron chi connectivity index (χ1n) is 12.2. The van der Waals surface area contributed by atoms with Crippen LogP contribution in [0.2, 0.25) is 0 Å². The van der Waals surface area contributed by atoms with Gasteiger partial charge in [0.2, 0.25) is 0 Å². The molecule has 5 nitrogen and oxygen atoms in total. The Morgan fingerprint density at radius 1 is 1.09 bits per heavy atom. The van der Waals surface area contributed by atoms with Gasteiger partial charge in [-0.15, -0.1) is 0 Å². The molecule has 3 rings (SSSR count). The fraction of sp³-hybridized carbons (Fsp3) is 0.536. The molecular weight excluding hydrogens is 412 g/mol. The summed E-state index contributed by atoms with van der Waals surface area (Å²) in [4.78, 5) is 19.5. The molecule has 0 radical (unpaired) electrons. The number of amides is 1. The molecule has 180 valence electrons. The highest BCUT2D eigenvalue weighted by Gasteiger charge is 2.55. The highest BCUT2D eigenvalue weighted by atomic mass is 16.7. The van der Waals surface area contributed by atoms with Gasteiger partial charge in [-0.3, -0.25) is 10.2 Å². The second-order valence-electron chi connectivity index (χ2n) is 9.94. The molecule has 5 heteroatoms. The number of aryl methyl sites for hydroxylation is 1. The molecule has 5 atom stereocenters. The minimum atomic E-state index is -0.403. The summed E-state index contributed by atoms with van der Waals surface area (Å²) in [5.41, 5.74) is 2.48. The van der Waals surface area contributed by atoms with Gasteiger partial charge in [-0.25, -0.2) is 4.79 Å². The van der Waals surface area contributed by atoms with Gasteiger partial charge in [-0.2, -0.15) is 5.06 Å². The number of hydroxylamine groups is 2. The first-order valence-corrected chi connectivity index (χ1v) is 12.2. The molecular formula is C28H40N2O3. The van der Waals surface area contributed by atoms with Gasteiger partial charge in [0.05, 0.1) is 0 Å². The summed E-state index contributed by atoms with van der Waals surface area (Å²) in [5.74, 6) is 0.0915. The summed E-state index contributed by atoms with van der Waals surface area (Å²) >= 11 is 0. The SMILES string of the molecule is CCC1(C)CC(OC(=O)Nc2ccc(C)cc2)C(C)C(C)(CC)N1OC(C)c1ccccc1. The highest BCUT2D eigenvalue weighted by molar-refractivity contribution is 5.84. The van der Waals surface area contributed by atoms with E-state index in [-0.39, 0.29) is 29.2 Å². The fourth-order valence-corrected chi connectivity index (χ4v) is 4.90. The zero-order valence-corrected chi connectivity index (χ0v) is 21.2. The molecule has 1 amide bonds. The third-order valence-corrected chi connectivity index (χ3v) is 7.70. The molecule has 1 aliphatic rings. The molecule has 2 aromatic carbocycles. The highest BCUT2D eigenvalue weighted by Crippen LogP contribution is 2.48. The molecule has 1 N–H and O–H groups in total. The molecule has 0 aliphatic carbocycles. The second-order valence-corrected chi connectivity index (χ2v) is 9.94. The molecule has 33 heavy (non-hydrogen) atoms. The lowest BCUT2D eigenvalue weighted by molar-refractivity contribution is -0.335. The number of anilines is 1. The van der Waals surface area contributed by atoms with Crippen LogP contribution in [-0.4, -0.2) is 28.3 Å². The summed E-state index contributed by atoms with van der Waals surface area (Å²) in [6.07, 6.45) is 1.79. The molecule has 0 aromatic heterocycles. The lowest BCUT2D eigenvalue weighted by atomic mass is 9.69. The minimum absolute atomic E-state index is 0.0718. The van der Waals surface area contributed by atoms with Gasteiger partial charge < -0.3 is 4.74 Å². The smallest absolute Gasteiger partial charge is 0.411 e. The van der Waals surface area contributed by atoms with Crippen LogP contribution in [0, 0.1) is 12.8 Å². The van der Waals surface area contributed by atoms with Crippen molar-refractivity contribution in [3.63, 3.8) is 0 Å². The molecule has 1 aliphatic heterocycles. The third-order valence-electron chi connectivity index (χ3n) is 7.70. The van der Waals surface area contributed by atoms with Crippen LogP contribution in [-0.2, 0) is 9.57 Å². The van der Waals surface area contributed by atoms with Crippen molar-refractivity contribution in [3.8, 4) is 0 Å². The van der Waals surface area contributed by atoms with E-state index in [9.17, 15) is 4.79 Å². The van der Waals surface area contributed by atoms with E-state index in [1.807, 2.05) is 49.4 Å². The van der Waals surface area contributed by atoms with E-state index in [4.69, 9.17) is 9.57 Å². The van der Waals surface area contributed by atoms with Crippen molar-refractivity contribution < 1.29 is 14.4 Å². The quantitative estimate of drug-likeness (QED) is 0.479. The van der Waals surface area contributed by atoms with E-state index in [0.717, 1.165) is 29.7 Å². The summed E-state index contributed by atoms with van der Waals surface area (Å²) in [7, 11) is 0. The van der Waals surface area contributed by atoms with Gasteiger partial charge in [0.15, 0.2) is 0 Å². The lowest BCUT2D eigenvalue weighted by Gasteiger charge is -2.59. The number of nitrogens with one attached hydrogen (secondary N) is 1. The number of nitrogens with zero attached hydrogens (tertiary/aromatic N) is 1. The van der Waals surface area contributed by atoms with Crippen molar-refractivity contribution in [1.82, 2.24) is 5.06 Å². The maximum absolute atomic E-state index is 12.8. The van der Waals surface area contributed by atoms with Crippen molar-refractivity contribution in [3.05, 3.63) is 65.7 Å². The van der Waals surface area contributed by atoms with E-state index in [2.05, 4.69) is 64.1 Å². The van der Waals surface area contributed by atoms with Crippen molar-refractivity contribution in [2.24, 2.45) is 5.92 Å². The zero-order chi connectivity index (χ0) is 24.2. The molecule has 1 saturated heterocycles. The third kappa shape index (κ3) is 5.42. The number of rotatable bonds is 7. The number of hydrogen-bond acceptors (Lipinski definition) is 4. The van der Waals surface area contributed by atoms with Crippen molar-refractivity contribution in [2.45, 2.75) is 91.0 Å². The topological polar surface area (TPSA) is 50.8 Å². The van der Waals surface area contributed by atoms with E-state index >= 15 is 0 Å². The lowest BCUT2D eigenvalue weighted by Crippen LogP contribution is -2.68. The Balaban J connectivity index is 1.80. The van der Waals surface area contributed by atoms with Crippen LogP contribution in [0.1, 0.15) is 78.0 Å². The summed E-state index contributed by atoms with van der Waals surface area (Å²) in [6, 6.07) is 18.1. The molecule has 5 unspecified atom stereocenters. The Labute approximate surface area is 199 Å². The van der Waals surface area contributed by atoms with Gasteiger partial charge in [0.25, 0.3) is 0 Å². The largest absolute Gasteiger partial charge is 0.446 e. The molecule has 0 bridgehead atoms. The number of benzene rings is 2. The van der Waals surface area contributed by atoms with Crippen LogP contribution >= 0.6 is 0 Å². The fourth-order valence-electron chi connectivity index (χ4n) is 4.90. The Hall–Kier alpha value is -2.37. The van der Waals surface area contributed by atoms with Crippen LogP contribution < -0.4 is 5.32 Å². The average Bonchev–Trinajstić information content (AvgIpc) is 2.82. The van der Waals surface area contributed by atoms with Gasteiger partial charge in [0.1, 0.15) is 12.2 Å². The number of ether oxygens (including phenoxy) is 1. The number of piperidine rings is 1. The van der Waals surface area contributed by atoms with Gasteiger partial charge >= 0.3 is 6.09 Å². The van der Waals surface area contributed by atoms with E-state index in [1.165, 1.54) is 0 Å². The van der Waals surface area contributed by atoms with E-state index < -0.39 is 6.09 Å². The van der Waals surface area contributed by atoms with Crippen LogP contribution in [0.4, 0.5) is 10.5 Å². The standard InChI is InChI=1S/C28H40N2O3/c1-8-27(6)19-25(32-26(31)29-24-17-15-20(3)16-18-24)21(4)28(7,9-2)30(27)33-22(5)23-13-11-10-12-14-23/h10-18,21-22,25H,8-9,19H2,1-7H3,(H,29,31). The van der Waals surface area contributed by atoms with Crippen molar-refractivity contribution >= 4 is 11.8 Å². The van der Waals surface area contributed by atoms with Gasteiger partial charge in [0, 0.05) is 29.1 Å². The molecule has 1 heterocycles. The minimum Gasteiger partial charge on any atom is -0.446 e. The first kappa shape index (κ1) is 25.3. The summed E-state index contributed by atoms with van der Waals surface area (Å²) in [5, 5.41) is 5.11. The molecule has 2 aromatic rings. The van der Waals surface area contributed by atoms with Gasteiger partial charge in [-0.1, -0.05) is 68.8 Å². The van der Waals surface area contributed by atoms with Crippen LogP contribution in [0.3, 0.4) is 0 Å². The van der Waals surface area contributed by atoms with Crippen LogP contribution in [0.15, 0.2) is 54.6 Å². The Bertz CT molecular complexity index is 916. The zero-order valence-electron chi connectivity index (χ0n) is 21.2. The Morgan fingerprint density at radius 3 is 2.30 bits per heavy atom. The Morgan fingerprint density at radius 2 is 1.73 bits per heavy atom. The predicted molar refractivity (Wildman–Crippen MR) is 134 cm³/mol. The maximum Gasteiger partial charge on any atom is 0.411 e. The van der Waals surface area contributed by atoms with E-state index in [0.29, 0.717) is 6.42 Å². The van der Waals surface area contributed by atoms with Crippen LogP contribution in [0.25, 0.3) is 0 Å². The number of hydrogen-bond donors (Lipinski definition) is 1. The molecule has 0 saturated carbocycles. The van der Waals surface area contributed by atoms with E-state index in [1.54, 1.807) is 0 Å². The van der Waals surface area contributed by atoms with Gasteiger partial charge in [-0.05, 0) is 58.2 Å².